The molecule has 0 fully saturated rings. The van der Waals surface area contributed by atoms with E-state index in [0.717, 1.165) is 23.6 Å². The Hall–Kier alpha value is -1.46. The van der Waals surface area contributed by atoms with Crippen LogP contribution in [0, 0.1) is 0 Å². The van der Waals surface area contributed by atoms with E-state index in [4.69, 9.17) is 5.73 Å². The Morgan fingerprint density at radius 1 is 1.33 bits per heavy atom. The van der Waals surface area contributed by atoms with Gasteiger partial charge >= 0.3 is 0 Å². The lowest BCUT2D eigenvalue weighted by Crippen LogP contribution is -2.32. The highest BCUT2D eigenvalue weighted by Crippen LogP contribution is 2.23. The van der Waals surface area contributed by atoms with Gasteiger partial charge in [0.05, 0.1) is 17.6 Å². The quantitative estimate of drug-likeness (QED) is 0.890. The molecule has 0 aliphatic heterocycles. The number of nitrogens with two attached hydrogens (primary N) is 1. The second kappa shape index (κ2) is 7.00. The van der Waals surface area contributed by atoms with Crippen molar-refractivity contribution in [2.24, 2.45) is 5.73 Å². The predicted molar refractivity (Wildman–Crippen MR) is 89.9 cm³/mol. The van der Waals surface area contributed by atoms with Crippen molar-refractivity contribution < 1.29 is 0 Å². The summed E-state index contributed by atoms with van der Waals surface area (Å²) in [6.45, 7) is 6.85. The zero-order valence-corrected chi connectivity index (χ0v) is 14.0. The smallest absolute Gasteiger partial charge is 0.131 e. The first-order valence-corrected chi connectivity index (χ1v) is 8.22. The third-order valence-electron chi connectivity index (χ3n) is 3.69. The highest BCUT2D eigenvalue weighted by Gasteiger charge is 2.17. The average Bonchev–Trinajstić information content (AvgIpc) is 2.98. The molecule has 0 saturated carbocycles. The maximum atomic E-state index is 5.88. The van der Waals surface area contributed by atoms with Gasteiger partial charge in [0.2, 0.25) is 0 Å². The maximum Gasteiger partial charge on any atom is 0.131 e. The van der Waals surface area contributed by atoms with E-state index in [-0.39, 0.29) is 0 Å². The molecule has 0 aliphatic rings. The van der Waals surface area contributed by atoms with Crippen molar-refractivity contribution in [2.75, 3.05) is 11.9 Å². The van der Waals surface area contributed by atoms with E-state index in [0.29, 0.717) is 18.5 Å². The third kappa shape index (κ3) is 3.80. The van der Waals surface area contributed by atoms with Gasteiger partial charge in [-0.1, -0.05) is 19.9 Å². The van der Waals surface area contributed by atoms with Crippen LogP contribution in [-0.4, -0.2) is 23.1 Å². The summed E-state index contributed by atoms with van der Waals surface area (Å²) in [5.74, 6) is 1.18. The van der Waals surface area contributed by atoms with Crippen LogP contribution in [-0.2, 0) is 13.0 Å². The molecule has 2 aromatic rings. The summed E-state index contributed by atoms with van der Waals surface area (Å²) < 4.78 is 0. The molecule has 114 valence electrons. The van der Waals surface area contributed by atoms with Crippen molar-refractivity contribution in [2.45, 2.75) is 45.7 Å². The highest BCUT2D eigenvalue weighted by atomic mass is 32.1. The van der Waals surface area contributed by atoms with Gasteiger partial charge in [0.25, 0.3) is 0 Å². The van der Waals surface area contributed by atoms with Crippen LogP contribution in [0.2, 0.25) is 0 Å². The number of thiophene rings is 1. The van der Waals surface area contributed by atoms with Crippen molar-refractivity contribution in [3.05, 3.63) is 40.1 Å². The van der Waals surface area contributed by atoms with Crippen LogP contribution in [0.1, 0.15) is 43.1 Å². The Morgan fingerprint density at radius 3 is 2.67 bits per heavy atom. The predicted octanol–water partition coefficient (Wildman–Crippen LogP) is 3.19. The summed E-state index contributed by atoms with van der Waals surface area (Å²) in [6.07, 6.45) is 2.93. The number of hydrogen-bond acceptors (Lipinski definition) is 5. The van der Waals surface area contributed by atoms with Crippen molar-refractivity contribution in [1.82, 2.24) is 9.97 Å². The van der Waals surface area contributed by atoms with Crippen molar-refractivity contribution in [3.8, 4) is 0 Å². The average molecular weight is 304 g/mol. The van der Waals surface area contributed by atoms with E-state index in [2.05, 4.69) is 60.2 Å². The van der Waals surface area contributed by atoms with E-state index in [1.54, 1.807) is 11.3 Å². The molecule has 4 nitrogen and oxygen atoms in total. The number of rotatable bonds is 6. The summed E-state index contributed by atoms with van der Waals surface area (Å²) in [7, 11) is 2.09. The van der Waals surface area contributed by atoms with Crippen LogP contribution < -0.4 is 10.6 Å². The molecule has 0 saturated heterocycles. The largest absolute Gasteiger partial charge is 0.369 e. The summed E-state index contributed by atoms with van der Waals surface area (Å²) in [4.78, 5) is 12.7. The van der Waals surface area contributed by atoms with E-state index in [1.165, 1.54) is 4.88 Å². The van der Waals surface area contributed by atoms with E-state index < -0.39 is 0 Å². The van der Waals surface area contributed by atoms with Crippen LogP contribution in [0.4, 0.5) is 5.69 Å². The SMILES string of the molecule is CC(C)c1ncc(N(C)C(C)Cc2cccs2)c(CN)n1. The van der Waals surface area contributed by atoms with Gasteiger partial charge < -0.3 is 10.6 Å². The second-order valence-electron chi connectivity index (χ2n) is 5.66. The zero-order chi connectivity index (χ0) is 15.4. The minimum atomic E-state index is 0.318. The maximum absolute atomic E-state index is 5.88. The summed E-state index contributed by atoms with van der Waals surface area (Å²) >= 11 is 1.80. The van der Waals surface area contributed by atoms with Crippen LogP contribution in [0.5, 0.6) is 0 Å². The molecule has 1 unspecified atom stereocenters. The summed E-state index contributed by atoms with van der Waals surface area (Å²) in [5.41, 5.74) is 7.84. The molecule has 2 aromatic heterocycles. The van der Waals surface area contributed by atoms with Crippen LogP contribution >= 0.6 is 11.3 Å². The van der Waals surface area contributed by atoms with Gasteiger partial charge in [-0.2, -0.15) is 0 Å². The number of aromatic nitrogens is 2. The Kier molecular flexibility index (Phi) is 5.31. The number of likely N-dealkylation sites (N-methyl/N-ethyl adjacent to an activating group) is 1. The zero-order valence-electron chi connectivity index (χ0n) is 13.2. The van der Waals surface area contributed by atoms with Crippen LogP contribution in [0.15, 0.2) is 23.7 Å². The molecule has 5 heteroatoms. The normalized spacial score (nSPS) is 12.7. The molecular weight excluding hydrogens is 280 g/mol. The molecule has 2 rings (SSSR count). The van der Waals surface area contributed by atoms with Gasteiger partial charge in [0, 0.05) is 36.9 Å². The molecule has 2 heterocycles. The molecule has 2 N–H and O–H groups in total. The number of nitrogens with zero attached hydrogens (tertiary/aromatic N) is 3. The van der Waals surface area contributed by atoms with Crippen molar-refractivity contribution in [1.29, 1.82) is 0 Å². The first-order chi connectivity index (χ1) is 10.0. The Balaban J connectivity index is 2.19. The van der Waals surface area contributed by atoms with E-state index in [9.17, 15) is 0 Å². The molecule has 0 aliphatic carbocycles. The standard InChI is InChI=1S/C16H24N4S/c1-11(2)16-18-10-15(14(9-17)19-16)20(4)12(3)8-13-6-5-7-21-13/h5-7,10-12H,8-9,17H2,1-4H3. The van der Waals surface area contributed by atoms with Crippen LogP contribution in [0.25, 0.3) is 0 Å². The van der Waals surface area contributed by atoms with Gasteiger partial charge in [-0.05, 0) is 18.4 Å². The molecular formula is C16H24N4S. The number of anilines is 1. The first kappa shape index (κ1) is 15.9. The summed E-state index contributed by atoms with van der Waals surface area (Å²) in [6, 6.07) is 4.65. The topological polar surface area (TPSA) is 55.0 Å². The minimum absolute atomic E-state index is 0.318. The Bertz CT molecular complexity index is 566. The van der Waals surface area contributed by atoms with Gasteiger partial charge in [-0.25, -0.2) is 9.97 Å². The van der Waals surface area contributed by atoms with Crippen molar-refractivity contribution >= 4 is 17.0 Å². The Morgan fingerprint density at radius 2 is 2.10 bits per heavy atom. The van der Waals surface area contributed by atoms with Gasteiger partial charge in [-0.15, -0.1) is 11.3 Å². The van der Waals surface area contributed by atoms with Gasteiger partial charge in [0.15, 0.2) is 0 Å². The fourth-order valence-corrected chi connectivity index (χ4v) is 3.07. The molecule has 0 amide bonds. The molecule has 1 atom stereocenters. The van der Waals surface area contributed by atoms with Gasteiger partial charge in [-0.3, -0.25) is 0 Å². The lowest BCUT2D eigenvalue weighted by Gasteiger charge is -2.28. The van der Waals surface area contributed by atoms with E-state index >= 15 is 0 Å². The Labute approximate surface area is 131 Å². The van der Waals surface area contributed by atoms with Crippen molar-refractivity contribution in [3.63, 3.8) is 0 Å². The highest BCUT2D eigenvalue weighted by molar-refractivity contribution is 7.09. The molecule has 21 heavy (non-hydrogen) atoms. The van der Waals surface area contributed by atoms with E-state index in [1.807, 2.05) is 6.20 Å². The number of hydrogen-bond donors (Lipinski definition) is 1. The fraction of sp³-hybridized carbons (Fsp3) is 0.500. The third-order valence-corrected chi connectivity index (χ3v) is 4.59. The molecule has 0 bridgehead atoms. The monoisotopic (exact) mass is 304 g/mol. The molecule has 0 aromatic carbocycles. The second-order valence-corrected chi connectivity index (χ2v) is 6.69. The van der Waals surface area contributed by atoms with Gasteiger partial charge in [0.1, 0.15) is 5.82 Å². The molecule has 0 spiro atoms. The first-order valence-electron chi connectivity index (χ1n) is 7.34. The fourth-order valence-electron chi connectivity index (χ4n) is 2.24. The lowest BCUT2D eigenvalue weighted by molar-refractivity contribution is 0.674. The van der Waals surface area contributed by atoms with Crippen LogP contribution in [0.3, 0.4) is 0 Å². The summed E-state index contributed by atoms with van der Waals surface area (Å²) in [5, 5.41) is 2.12. The minimum Gasteiger partial charge on any atom is -0.369 e. The molecule has 0 radical (unpaired) electrons. The lowest BCUT2D eigenvalue weighted by atomic mass is 10.1.